The molecule has 0 bridgehead atoms. The van der Waals surface area contributed by atoms with E-state index in [9.17, 15) is 9.90 Å². The van der Waals surface area contributed by atoms with Crippen LogP contribution in [-0.4, -0.2) is 25.8 Å². The summed E-state index contributed by atoms with van der Waals surface area (Å²) in [7, 11) is 0. The lowest BCUT2D eigenvalue weighted by molar-refractivity contribution is -0.132. The van der Waals surface area contributed by atoms with Crippen LogP contribution in [0, 0.1) is 13.8 Å². The number of carboxylic acid groups (broad SMARTS) is 1. The number of nitrogens with one attached hydrogen (secondary N) is 1. The summed E-state index contributed by atoms with van der Waals surface area (Å²) in [5, 5.41) is 16.1. The maximum atomic E-state index is 11.2. The fraction of sp³-hybridized carbons (Fsp3) is 0.214. The highest BCUT2D eigenvalue weighted by atomic mass is 16.4. The molecule has 2 aromatic rings. The lowest BCUT2D eigenvalue weighted by Crippen LogP contribution is -2.24. The highest BCUT2D eigenvalue weighted by Crippen LogP contribution is 2.30. The molecule has 0 saturated carbocycles. The topological polar surface area (TPSA) is 80.0 Å². The van der Waals surface area contributed by atoms with Crippen LogP contribution < -0.4 is 5.32 Å². The summed E-state index contributed by atoms with van der Waals surface area (Å²) in [6.45, 7) is 4.04. The molecule has 102 valence electrons. The van der Waals surface area contributed by atoms with Crippen LogP contribution in [0.5, 0.6) is 0 Å². The van der Waals surface area contributed by atoms with Gasteiger partial charge in [-0.3, -0.25) is 0 Å². The number of benzene rings is 1. The second-order valence-corrected chi connectivity index (χ2v) is 4.84. The zero-order valence-electron chi connectivity index (χ0n) is 11.2. The fourth-order valence-electron chi connectivity index (χ4n) is 2.44. The van der Waals surface area contributed by atoms with Gasteiger partial charge in [-0.15, -0.1) is 0 Å². The molecule has 1 atom stereocenters. The number of aromatic nitrogens is 3. The lowest BCUT2D eigenvalue weighted by Gasteiger charge is -2.23. The minimum Gasteiger partial charge on any atom is -0.477 e. The van der Waals surface area contributed by atoms with E-state index in [-0.39, 0.29) is 11.7 Å². The van der Waals surface area contributed by atoms with Crippen molar-refractivity contribution in [3.8, 4) is 0 Å². The molecule has 20 heavy (non-hydrogen) atoms. The van der Waals surface area contributed by atoms with Gasteiger partial charge in [-0.25, -0.2) is 9.48 Å². The number of rotatable bonds is 2. The van der Waals surface area contributed by atoms with Crippen molar-refractivity contribution in [3.05, 3.63) is 53.0 Å². The van der Waals surface area contributed by atoms with Crippen LogP contribution in [0.15, 0.2) is 36.3 Å². The molecular weight excluding hydrogens is 256 g/mol. The molecule has 0 amide bonds. The van der Waals surface area contributed by atoms with Gasteiger partial charge in [0.25, 0.3) is 0 Å². The lowest BCUT2D eigenvalue weighted by atomic mass is 9.98. The quantitative estimate of drug-likeness (QED) is 0.871. The van der Waals surface area contributed by atoms with E-state index in [1.54, 1.807) is 10.8 Å². The van der Waals surface area contributed by atoms with Crippen molar-refractivity contribution in [1.29, 1.82) is 0 Å². The van der Waals surface area contributed by atoms with Gasteiger partial charge in [-0.1, -0.05) is 23.8 Å². The summed E-state index contributed by atoms with van der Waals surface area (Å²) in [4.78, 5) is 15.3. The fourth-order valence-corrected chi connectivity index (χ4v) is 2.44. The number of fused-ring (bicyclic) bond motifs is 1. The third-order valence-electron chi connectivity index (χ3n) is 3.38. The Morgan fingerprint density at radius 2 is 2.20 bits per heavy atom. The van der Waals surface area contributed by atoms with Gasteiger partial charge in [0.2, 0.25) is 5.95 Å². The first kappa shape index (κ1) is 12.4. The third-order valence-corrected chi connectivity index (χ3v) is 3.38. The van der Waals surface area contributed by atoms with Gasteiger partial charge in [0, 0.05) is 0 Å². The number of aryl methyl sites for hydroxylation is 2. The number of hydrogen-bond acceptors (Lipinski definition) is 4. The largest absolute Gasteiger partial charge is 0.477 e. The van der Waals surface area contributed by atoms with Crippen molar-refractivity contribution in [2.45, 2.75) is 19.9 Å². The van der Waals surface area contributed by atoms with Gasteiger partial charge < -0.3 is 10.4 Å². The maximum absolute atomic E-state index is 11.2. The first-order valence-electron chi connectivity index (χ1n) is 6.25. The Balaban J connectivity index is 2.14. The number of aliphatic carboxylic acids is 1. The van der Waals surface area contributed by atoms with Crippen molar-refractivity contribution in [2.24, 2.45) is 0 Å². The average molecular weight is 270 g/mol. The van der Waals surface area contributed by atoms with Crippen molar-refractivity contribution in [2.75, 3.05) is 5.32 Å². The highest BCUT2D eigenvalue weighted by Gasteiger charge is 2.26. The number of hydrogen-bond donors (Lipinski definition) is 2. The van der Waals surface area contributed by atoms with E-state index in [1.165, 1.54) is 11.9 Å². The summed E-state index contributed by atoms with van der Waals surface area (Å²) in [6, 6.07) is 5.82. The second kappa shape index (κ2) is 4.48. The van der Waals surface area contributed by atoms with Gasteiger partial charge in [0.1, 0.15) is 18.1 Å². The molecule has 0 radical (unpaired) electrons. The minimum atomic E-state index is -1.01. The summed E-state index contributed by atoms with van der Waals surface area (Å²) in [5.41, 5.74) is 3.40. The maximum Gasteiger partial charge on any atom is 0.352 e. The monoisotopic (exact) mass is 270 g/mol. The summed E-state index contributed by atoms with van der Waals surface area (Å²) >= 11 is 0. The van der Waals surface area contributed by atoms with Crippen LogP contribution >= 0.6 is 0 Å². The molecule has 3 rings (SSSR count). The van der Waals surface area contributed by atoms with Gasteiger partial charge in [-0.2, -0.15) is 10.1 Å². The zero-order valence-corrected chi connectivity index (χ0v) is 11.2. The first-order valence-corrected chi connectivity index (χ1v) is 6.25. The number of carbonyl (C=O) groups is 1. The average Bonchev–Trinajstić information content (AvgIpc) is 2.86. The SMILES string of the molecule is Cc1ccc(C2C=C(C(=O)O)Nc3ncnn32)c(C)c1. The first-order chi connectivity index (χ1) is 9.56. The molecule has 1 unspecified atom stereocenters. The Labute approximate surface area is 115 Å². The Bertz CT molecular complexity index is 718. The molecule has 0 spiro atoms. The van der Waals surface area contributed by atoms with Gasteiger partial charge >= 0.3 is 5.97 Å². The third kappa shape index (κ3) is 1.95. The Morgan fingerprint density at radius 1 is 1.40 bits per heavy atom. The van der Waals surface area contributed by atoms with E-state index in [0.717, 1.165) is 11.1 Å². The van der Waals surface area contributed by atoms with Crippen LogP contribution in [0.4, 0.5) is 5.95 Å². The van der Waals surface area contributed by atoms with E-state index in [4.69, 9.17) is 0 Å². The number of allylic oxidation sites excluding steroid dienone is 1. The molecule has 0 aliphatic carbocycles. The van der Waals surface area contributed by atoms with E-state index < -0.39 is 5.97 Å². The van der Waals surface area contributed by atoms with E-state index in [2.05, 4.69) is 21.5 Å². The molecule has 1 aliphatic rings. The number of nitrogens with zero attached hydrogens (tertiary/aromatic N) is 3. The molecule has 2 heterocycles. The molecule has 0 fully saturated rings. The number of carboxylic acids is 1. The predicted molar refractivity (Wildman–Crippen MR) is 73.4 cm³/mol. The number of anilines is 1. The zero-order chi connectivity index (χ0) is 14.3. The van der Waals surface area contributed by atoms with Crippen LogP contribution in [0.25, 0.3) is 0 Å². The minimum absolute atomic E-state index is 0.121. The summed E-state index contributed by atoms with van der Waals surface area (Å²) in [6.07, 6.45) is 3.07. The molecular formula is C14H14N4O2. The molecule has 1 aliphatic heterocycles. The van der Waals surface area contributed by atoms with Crippen molar-refractivity contribution in [1.82, 2.24) is 14.8 Å². The summed E-state index contributed by atoms with van der Waals surface area (Å²) in [5.74, 6) is -0.566. The standard InChI is InChI=1S/C14H14N4O2/c1-8-3-4-10(9(2)5-8)12-6-11(13(19)20)17-14-15-7-16-18(12)14/h3-7,12H,1-2H3,(H,19,20)(H,15,16,17). The molecule has 1 aromatic heterocycles. The van der Waals surface area contributed by atoms with Gasteiger partial charge in [0.05, 0.1) is 0 Å². The van der Waals surface area contributed by atoms with Crippen LogP contribution in [0.2, 0.25) is 0 Å². The Hall–Kier alpha value is -2.63. The van der Waals surface area contributed by atoms with Crippen LogP contribution in [-0.2, 0) is 4.79 Å². The van der Waals surface area contributed by atoms with Gasteiger partial charge in [0.15, 0.2) is 0 Å². The molecule has 2 N–H and O–H groups in total. The highest BCUT2D eigenvalue weighted by molar-refractivity contribution is 5.90. The van der Waals surface area contributed by atoms with Crippen molar-refractivity contribution in [3.63, 3.8) is 0 Å². The van der Waals surface area contributed by atoms with Crippen LogP contribution in [0.1, 0.15) is 22.7 Å². The molecule has 6 heteroatoms. The Kier molecular flexibility index (Phi) is 2.78. The van der Waals surface area contributed by atoms with Crippen molar-refractivity contribution >= 4 is 11.9 Å². The van der Waals surface area contributed by atoms with E-state index in [1.807, 2.05) is 26.0 Å². The molecule has 6 nitrogen and oxygen atoms in total. The van der Waals surface area contributed by atoms with Crippen LogP contribution in [0.3, 0.4) is 0 Å². The van der Waals surface area contributed by atoms with Gasteiger partial charge in [-0.05, 0) is 31.1 Å². The smallest absolute Gasteiger partial charge is 0.352 e. The Morgan fingerprint density at radius 3 is 2.90 bits per heavy atom. The molecule has 0 saturated heterocycles. The van der Waals surface area contributed by atoms with Crippen molar-refractivity contribution < 1.29 is 9.90 Å². The summed E-state index contributed by atoms with van der Waals surface area (Å²) < 4.78 is 1.68. The second-order valence-electron chi connectivity index (χ2n) is 4.84. The van der Waals surface area contributed by atoms with E-state index in [0.29, 0.717) is 5.95 Å². The van der Waals surface area contributed by atoms with E-state index >= 15 is 0 Å². The normalized spacial score (nSPS) is 17.1. The molecule has 1 aromatic carbocycles. The predicted octanol–water partition coefficient (Wildman–Crippen LogP) is 1.88.